The fraction of sp³-hybridized carbons (Fsp3) is 0.167. The van der Waals surface area contributed by atoms with Crippen LogP contribution in [-0.2, 0) is 6.18 Å². The van der Waals surface area contributed by atoms with Crippen molar-refractivity contribution in [2.45, 2.75) is 13.1 Å². The van der Waals surface area contributed by atoms with Gasteiger partial charge in [-0.3, -0.25) is 9.89 Å². The first-order chi connectivity index (χ1) is 9.29. The van der Waals surface area contributed by atoms with E-state index in [0.29, 0.717) is 5.56 Å². The van der Waals surface area contributed by atoms with Crippen LogP contribution >= 0.6 is 11.6 Å². The second-order valence-electron chi connectivity index (χ2n) is 4.07. The summed E-state index contributed by atoms with van der Waals surface area (Å²) in [7, 11) is 0. The van der Waals surface area contributed by atoms with Crippen LogP contribution < -0.4 is 5.32 Å². The number of aromatic nitrogens is 2. The number of benzene rings is 1. The Morgan fingerprint density at radius 1 is 1.40 bits per heavy atom. The predicted molar refractivity (Wildman–Crippen MR) is 67.7 cm³/mol. The number of aromatic amines is 1. The number of H-pyrrole nitrogens is 1. The molecule has 2 aromatic rings. The fourth-order valence-electron chi connectivity index (χ4n) is 1.56. The zero-order valence-corrected chi connectivity index (χ0v) is 10.9. The molecule has 4 nitrogen and oxygen atoms in total. The van der Waals surface area contributed by atoms with Crippen molar-refractivity contribution in [3.63, 3.8) is 0 Å². The molecule has 0 bridgehead atoms. The van der Waals surface area contributed by atoms with E-state index in [-0.39, 0.29) is 16.4 Å². The van der Waals surface area contributed by atoms with E-state index in [4.69, 9.17) is 11.6 Å². The van der Waals surface area contributed by atoms with Gasteiger partial charge in [0, 0.05) is 0 Å². The third kappa shape index (κ3) is 2.93. The van der Waals surface area contributed by atoms with Gasteiger partial charge in [-0.05, 0) is 30.7 Å². The van der Waals surface area contributed by atoms with E-state index >= 15 is 0 Å². The fourth-order valence-corrected chi connectivity index (χ4v) is 1.72. The Bertz CT molecular complexity index is 652. The van der Waals surface area contributed by atoms with Crippen molar-refractivity contribution in [1.82, 2.24) is 10.2 Å². The summed E-state index contributed by atoms with van der Waals surface area (Å²) in [5.41, 5.74) is -0.261. The number of nitrogens with one attached hydrogen (secondary N) is 2. The third-order valence-electron chi connectivity index (χ3n) is 2.60. The van der Waals surface area contributed by atoms with Gasteiger partial charge in [0.25, 0.3) is 5.91 Å². The Hall–Kier alpha value is -2.02. The number of amides is 1. The minimum Gasteiger partial charge on any atom is -0.319 e. The summed E-state index contributed by atoms with van der Waals surface area (Å²) in [6.45, 7) is 1.64. The van der Waals surface area contributed by atoms with E-state index < -0.39 is 17.6 Å². The molecule has 1 heterocycles. The Morgan fingerprint density at radius 2 is 2.10 bits per heavy atom. The smallest absolute Gasteiger partial charge is 0.319 e. The average molecular weight is 304 g/mol. The summed E-state index contributed by atoms with van der Waals surface area (Å²) in [4.78, 5) is 11.9. The number of carbonyl (C=O) groups excluding carboxylic acids is 1. The molecule has 2 rings (SSSR count). The monoisotopic (exact) mass is 303 g/mol. The van der Waals surface area contributed by atoms with Crippen molar-refractivity contribution in [2.75, 3.05) is 5.32 Å². The van der Waals surface area contributed by atoms with Gasteiger partial charge >= 0.3 is 6.18 Å². The maximum atomic E-state index is 12.6. The molecule has 1 aromatic carbocycles. The maximum Gasteiger partial charge on any atom is 0.416 e. The predicted octanol–water partition coefficient (Wildman–Crippen LogP) is 3.64. The lowest BCUT2D eigenvalue weighted by Crippen LogP contribution is -2.15. The third-order valence-corrected chi connectivity index (χ3v) is 2.93. The van der Waals surface area contributed by atoms with E-state index in [2.05, 4.69) is 15.5 Å². The molecule has 8 heteroatoms. The summed E-state index contributed by atoms with van der Waals surface area (Å²) in [6.07, 6.45) is -3.07. The molecular weight excluding hydrogens is 295 g/mol. The molecule has 0 aliphatic carbocycles. The van der Waals surface area contributed by atoms with Crippen molar-refractivity contribution in [2.24, 2.45) is 0 Å². The van der Waals surface area contributed by atoms with E-state index in [1.807, 2.05) is 0 Å². The first kappa shape index (κ1) is 14.4. The van der Waals surface area contributed by atoms with Gasteiger partial charge in [-0.1, -0.05) is 11.6 Å². The van der Waals surface area contributed by atoms with Crippen LogP contribution in [-0.4, -0.2) is 16.1 Å². The number of halogens is 4. The Labute approximate surface area is 116 Å². The van der Waals surface area contributed by atoms with Crippen molar-refractivity contribution in [3.05, 3.63) is 46.2 Å². The van der Waals surface area contributed by atoms with Crippen LogP contribution in [0.25, 0.3) is 0 Å². The Balaban J connectivity index is 2.30. The number of alkyl halides is 3. The Morgan fingerprint density at radius 3 is 2.65 bits per heavy atom. The van der Waals surface area contributed by atoms with Crippen LogP contribution in [0.2, 0.25) is 5.02 Å². The van der Waals surface area contributed by atoms with Gasteiger partial charge in [0.05, 0.1) is 22.5 Å². The number of aryl methyl sites for hydroxylation is 1. The second-order valence-corrected chi connectivity index (χ2v) is 4.48. The van der Waals surface area contributed by atoms with Crippen LogP contribution in [0.1, 0.15) is 21.6 Å². The summed E-state index contributed by atoms with van der Waals surface area (Å²) in [5.74, 6) is -0.610. The number of anilines is 1. The molecule has 0 fully saturated rings. The number of hydrogen-bond acceptors (Lipinski definition) is 2. The number of nitrogens with zero attached hydrogens (tertiary/aromatic N) is 1. The molecule has 1 aromatic heterocycles. The zero-order chi connectivity index (χ0) is 14.9. The van der Waals surface area contributed by atoms with Gasteiger partial charge in [-0.2, -0.15) is 18.3 Å². The van der Waals surface area contributed by atoms with Gasteiger partial charge in [-0.15, -0.1) is 0 Å². The van der Waals surface area contributed by atoms with E-state index in [1.165, 1.54) is 6.20 Å². The second kappa shape index (κ2) is 5.16. The molecule has 0 aliphatic rings. The molecule has 0 aliphatic heterocycles. The quantitative estimate of drug-likeness (QED) is 0.890. The largest absolute Gasteiger partial charge is 0.416 e. The van der Waals surface area contributed by atoms with Gasteiger partial charge in [0.15, 0.2) is 0 Å². The first-order valence-electron chi connectivity index (χ1n) is 5.47. The SMILES string of the molecule is Cc1cn[nH]c1C(=O)Nc1cc(C(F)(F)F)ccc1Cl. The summed E-state index contributed by atoms with van der Waals surface area (Å²) in [5, 5.41) is 8.47. The molecule has 106 valence electrons. The number of hydrogen-bond donors (Lipinski definition) is 2. The van der Waals surface area contributed by atoms with Crippen molar-refractivity contribution >= 4 is 23.2 Å². The van der Waals surface area contributed by atoms with Crippen molar-refractivity contribution < 1.29 is 18.0 Å². The maximum absolute atomic E-state index is 12.6. The van der Waals surface area contributed by atoms with Gasteiger partial charge in [0.2, 0.25) is 0 Å². The molecule has 0 atom stereocenters. The molecule has 0 unspecified atom stereocenters. The first-order valence-corrected chi connectivity index (χ1v) is 5.85. The molecular formula is C12H9ClF3N3O. The Kier molecular flexibility index (Phi) is 3.71. The standard InChI is InChI=1S/C12H9ClF3N3O/c1-6-5-17-19-10(6)11(20)18-9-4-7(12(14,15)16)2-3-8(9)13/h2-5H,1H3,(H,17,19)(H,18,20). The molecule has 1 amide bonds. The topological polar surface area (TPSA) is 57.8 Å². The van der Waals surface area contributed by atoms with Crippen LogP contribution in [0.4, 0.5) is 18.9 Å². The van der Waals surface area contributed by atoms with E-state index in [1.54, 1.807) is 6.92 Å². The van der Waals surface area contributed by atoms with Crippen LogP contribution in [0.15, 0.2) is 24.4 Å². The average Bonchev–Trinajstić information content (AvgIpc) is 2.77. The van der Waals surface area contributed by atoms with Crippen LogP contribution in [0, 0.1) is 6.92 Å². The van der Waals surface area contributed by atoms with Gasteiger partial charge in [-0.25, -0.2) is 0 Å². The molecule has 0 radical (unpaired) electrons. The van der Waals surface area contributed by atoms with Crippen LogP contribution in [0.5, 0.6) is 0 Å². The highest BCUT2D eigenvalue weighted by Crippen LogP contribution is 2.33. The summed E-state index contributed by atoms with van der Waals surface area (Å²) in [6, 6.07) is 2.71. The van der Waals surface area contributed by atoms with E-state index in [0.717, 1.165) is 18.2 Å². The molecule has 0 saturated carbocycles. The zero-order valence-electron chi connectivity index (χ0n) is 10.2. The minimum atomic E-state index is -4.51. The highest BCUT2D eigenvalue weighted by atomic mass is 35.5. The highest BCUT2D eigenvalue weighted by Gasteiger charge is 2.31. The molecule has 20 heavy (non-hydrogen) atoms. The lowest BCUT2D eigenvalue weighted by atomic mass is 10.2. The highest BCUT2D eigenvalue weighted by molar-refractivity contribution is 6.33. The van der Waals surface area contributed by atoms with Gasteiger partial charge in [0.1, 0.15) is 5.69 Å². The van der Waals surface area contributed by atoms with Crippen LogP contribution in [0.3, 0.4) is 0 Å². The lowest BCUT2D eigenvalue weighted by molar-refractivity contribution is -0.137. The lowest BCUT2D eigenvalue weighted by Gasteiger charge is -2.11. The molecule has 0 spiro atoms. The minimum absolute atomic E-state index is 0.0171. The van der Waals surface area contributed by atoms with Crippen molar-refractivity contribution in [3.8, 4) is 0 Å². The summed E-state index contributed by atoms with van der Waals surface area (Å²) < 4.78 is 37.8. The van der Waals surface area contributed by atoms with Crippen molar-refractivity contribution in [1.29, 1.82) is 0 Å². The number of rotatable bonds is 2. The van der Waals surface area contributed by atoms with E-state index in [9.17, 15) is 18.0 Å². The normalized spacial score (nSPS) is 11.4. The summed E-state index contributed by atoms with van der Waals surface area (Å²) >= 11 is 5.78. The van der Waals surface area contributed by atoms with Gasteiger partial charge < -0.3 is 5.32 Å². The molecule has 0 saturated heterocycles. The number of carbonyl (C=O) groups is 1. The molecule has 2 N–H and O–H groups in total.